The molecule has 0 aliphatic heterocycles. The number of para-hydroxylation sites is 1. The third-order valence-corrected chi connectivity index (χ3v) is 6.37. The van der Waals surface area contributed by atoms with Crippen LogP contribution < -0.4 is 5.32 Å². The number of alkyl carbamates (subject to hydrolysis) is 1. The van der Waals surface area contributed by atoms with Gasteiger partial charge < -0.3 is 29.2 Å². The molecule has 1 atom stereocenters. The van der Waals surface area contributed by atoms with E-state index in [9.17, 15) is 24.0 Å². The van der Waals surface area contributed by atoms with E-state index in [1.165, 1.54) is 0 Å². The molecule has 3 aromatic rings. The van der Waals surface area contributed by atoms with Gasteiger partial charge in [0.2, 0.25) is 0 Å². The lowest BCUT2D eigenvalue weighted by Crippen LogP contribution is -2.50. The van der Waals surface area contributed by atoms with Crippen LogP contribution in [0.1, 0.15) is 30.9 Å². The lowest BCUT2D eigenvalue weighted by atomic mass is 9.77. The monoisotopic (exact) mass is 552 g/mol. The van der Waals surface area contributed by atoms with E-state index in [0.717, 1.165) is 30.7 Å². The van der Waals surface area contributed by atoms with Crippen molar-refractivity contribution in [1.82, 2.24) is 10.3 Å². The Morgan fingerprint density at radius 3 is 2.17 bits per heavy atom. The Balaban J connectivity index is 1.92. The summed E-state index contributed by atoms with van der Waals surface area (Å²) >= 11 is 0. The molecule has 0 aliphatic carbocycles. The van der Waals surface area contributed by atoms with Crippen molar-refractivity contribution in [1.29, 1.82) is 0 Å². The van der Waals surface area contributed by atoms with Crippen molar-refractivity contribution in [3.05, 3.63) is 71.9 Å². The molecule has 40 heavy (non-hydrogen) atoms. The van der Waals surface area contributed by atoms with Gasteiger partial charge in [-0.15, -0.1) is 0 Å². The highest BCUT2D eigenvalue weighted by Crippen LogP contribution is 2.33. The molecular formula is C29H32N2O9. The molecule has 1 unspecified atom stereocenters. The van der Waals surface area contributed by atoms with Gasteiger partial charge in [-0.25, -0.2) is 4.79 Å². The Hall–Kier alpha value is -4.67. The number of hydrogen-bond donors (Lipinski definition) is 2. The predicted octanol–water partition coefficient (Wildman–Crippen LogP) is 3.25. The average Bonchev–Trinajstić information content (AvgIpc) is 3.37. The SMILES string of the molecule is CCOC(=O)CC(CC(=O)C(Cc1c[nH]c2ccccc12)NC(=O)OCc1ccccc1)(C(=O)OC)C(=O)OC. The number of rotatable bonds is 13. The molecule has 11 nitrogen and oxygen atoms in total. The predicted molar refractivity (Wildman–Crippen MR) is 143 cm³/mol. The van der Waals surface area contributed by atoms with Crippen molar-refractivity contribution in [2.24, 2.45) is 5.41 Å². The van der Waals surface area contributed by atoms with Gasteiger partial charge in [0.05, 0.1) is 33.3 Å². The highest BCUT2D eigenvalue weighted by Gasteiger charge is 2.53. The number of Topliss-reactive ketones (excluding diaryl/α,β-unsaturated/α-hetero) is 1. The molecule has 0 spiro atoms. The van der Waals surface area contributed by atoms with Gasteiger partial charge in [0.15, 0.2) is 11.2 Å². The van der Waals surface area contributed by atoms with Crippen LogP contribution in [-0.2, 0) is 51.2 Å². The summed E-state index contributed by atoms with van der Waals surface area (Å²) in [5.41, 5.74) is -0.0662. The first-order valence-electron chi connectivity index (χ1n) is 12.6. The van der Waals surface area contributed by atoms with Crippen LogP contribution in [0.5, 0.6) is 0 Å². The minimum Gasteiger partial charge on any atom is -0.468 e. The van der Waals surface area contributed by atoms with Gasteiger partial charge in [0.1, 0.15) is 6.61 Å². The molecule has 3 rings (SSSR count). The molecule has 0 radical (unpaired) electrons. The van der Waals surface area contributed by atoms with Crippen LogP contribution in [0, 0.1) is 5.41 Å². The number of methoxy groups -OCH3 is 2. The van der Waals surface area contributed by atoms with Crippen LogP contribution in [0.3, 0.4) is 0 Å². The minimum absolute atomic E-state index is 0.00111. The Kier molecular flexibility index (Phi) is 10.4. The Labute approximate surface area is 231 Å². The van der Waals surface area contributed by atoms with Crippen LogP contribution >= 0.6 is 0 Å². The van der Waals surface area contributed by atoms with E-state index >= 15 is 0 Å². The number of aromatic nitrogens is 1. The first-order chi connectivity index (χ1) is 19.2. The summed E-state index contributed by atoms with van der Waals surface area (Å²) in [6.45, 7) is 1.50. The maximum Gasteiger partial charge on any atom is 0.408 e. The molecule has 0 fully saturated rings. The highest BCUT2D eigenvalue weighted by atomic mass is 16.6. The average molecular weight is 553 g/mol. The normalized spacial score (nSPS) is 11.8. The van der Waals surface area contributed by atoms with Crippen LogP contribution in [0.15, 0.2) is 60.8 Å². The maximum atomic E-state index is 13.8. The van der Waals surface area contributed by atoms with Crippen molar-refractivity contribution in [2.45, 2.75) is 38.8 Å². The molecule has 0 aliphatic rings. The van der Waals surface area contributed by atoms with E-state index < -0.39 is 54.1 Å². The van der Waals surface area contributed by atoms with Gasteiger partial charge in [-0.1, -0.05) is 48.5 Å². The number of ketones is 1. The summed E-state index contributed by atoms with van der Waals surface area (Å²) in [6.07, 6.45) is -0.759. The minimum atomic E-state index is -2.32. The zero-order valence-electron chi connectivity index (χ0n) is 22.6. The summed E-state index contributed by atoms with van der Waals surface area (Å²) in [5, 5.41) is 3.38. The second-order valence-electron chi connectivity index (χ2n) is 9.01. The van der Waals surface area contributed by atoms with E-state index in [1.807, 2.05) is 30.3 Å². The second kappa shape index (κ2) is 13.9. The van der Waals surface area contributed by atoms with Crippen LogP contribution in [0.25, 0.3) is 10.9 Å². The van der Waals surface area contributed by atoms with Gasteiger partial charge in [-0.3, -0.25) is 19.2 Å². The van der Waals surface area contributed by atoms with Gasteiger partial charge in [-0.05, 0) is 24.1 Å². The zero-order chi connectivity index (χ0) is 29.1. The molecule has 2 N–H and O–H groups in total. The number of nitrogens with one attached hydrogen (secondary N) is 2. The number of hydrogen-bond acceptors (Lipinski definition) is 9. The third kappa shape index (κ3) is 7.25. The van der Waals surface area contributed by atoms with Crippen LogP contribution in [0.2, 0.25) is 0 Å². The van der Waals surface area contributed by atoms with E-state index in [-0.39, 0.29) is 19.6 Å². The van der Waals surface area contributed by atoms with Gasteiger partial charge in [0, 0.05) is 29.9 Å². The largest absolute Gasteiger partial charge is 0.468 e. The summed E-state index contributed by atoms with van der Waals surface area (Å²) in [6, 6.07) is 15.1. The first-order valence-corrected chi connectivity index (χ1v) is 12.6. The van der Waals surface area contributed by atoms with Gasteiger partial charge in [0.25, 0.3) is 0 Å². The number of carbonyl (C=O) groups excluding carboxylic acids is 5. The fourth-order valence-electron chi connectivity index (χ4n) is 4.38. The lowest BCUT2D eigenvalue weighted by molar-refractivity contribution is -0.176. The van der Waals surface area contributed by atoms with E-state index in [4.69, 9.17) is 18.9 Å². The fraction of sp³-hybridized carbons (Fsp3) is 0.345. The van der Waals surface area contributed by atoms with Gasteiger partial charge in [-0.2, -0.15) is 0 Å². The Bertz CT molecular complexity index is 1330. The molecule has 1 heterocycles. The number of esters is 3. The molecular weight excluding hydrogens is 520 g/mol. The first kappa shape index (κ1) is 29.9. The molecule has 0 saturated carbocycles. The number of fused-ring (bicyclic) bond motifs is 1. The summed E-state index contributed by atoms with van der Waals surface area (Å²) in [7, 11) is 2.05. The fourth-order valence-corrected chi connectivity index (χ4v) is 4.38. The van der Waals surface area contributed by atoms with Crippen molar-refractivity contribution in [2.75, 3.05) is 20.8 Å². The summed E-state index contributed by atoms with van der Waals surface area (Å²) < 4.78 is 19.9. The number of ether oxygens (including phenoxy) is 4. The summed E-state index contributed by atoms with van der Waals surface area (Å²) in [4.78, 5) is 67.9. The number of aromatic amines is 1. The lowest BCUT2D eigenvalue weighted by Gasteiger charge is -2.28. The molecule has 212 valence electrons. The van der Waals surface area contributed by atoms with Crippen LogP contribution in [-0.4, -0.2) is 61.6 Å². The molecule has 11 heteroatoms. The topological polar surface area (TPSA) is 150 Å². The van der Waals surface area contributed by atoms with Crippen molar-refractivity contribution >= 4 is 40.7 Å². The molecule has 2 aromatic carbocycles. The Morgan fingerprint density at radius 1 is 0.875 bits per heavy atom. The smallest absolute Gasteiger partial charge is 0.408 e. The molecule has 1 aromatic heterocycles. The van der Waals surface area contributed by atoms with E-state index in [0.29, 0.717) is 5.56 Å². The summed E-state index contributed by atoms with van der Waals surface area (Å²) in [5.74, 6) is -3.90. The third-order valence-electron chi connectivity index (χ3n) is 6.37. The molecule has 0 bridgehead atoms. The maximum absolute atomic E-state index is 13.8. The van der Waals surface area contributed by atoms with Crippen LogP contribution in [0.4, 0.5) is 4.79 Å². The van der Waals surface area contributed by atoms with Crippen molar-refractivity contribution < 1.29 is 42.9 Å². The standard InChI is InChI=1S/C29H32N2O9/c1-4-39-25(33)16-29(26(34)37-2,27(35)38-3)15-24(32)23(14-20-17-30-22-13-9-8-12-21(20)22)31-28(36)40-18-19-10-6-5-7-11-19/h5-13,17,23,30H,4,14-16,18H2,1-3H3,(H,31,36). The zero-order valence-corrected chi connectivity index (χ0v) is 22.6. The van der Waals surface area contributed by atoms with E-state index in [2.05, 4.69) is 10.3 Å². The number of benzene rings is 2. The highest BCUT2D eigenvalue weighted by molar-refractivity contribution is 6.07. The number of carbonyl (C=O) groups is 5. The number of H-pyrrole nitrogens is 1. The molecule has 1 amide bonds. The van der Waals surface area contributed by atoms with Crippen molar-refractivity contribution in [3.63, 3.8) is 0 Å². The quantitative estimate of drug-likeness (QED) is 0.185. The van der Waals surface area contributed by atoms with E-state index in [1.54, 1.807) is 37.4 Å². The molecule has 0 saturated heterocycles. The second-order valence-corrected chi connectivity index (χ2v) is 9.01. The van der Waals surface area contributed by atoms with Crippen molar-refractivity contribution in [3.8, 4) is 0 Å². The Morgan fingerprint density at radius 2 is 1.52 bits per heavy atom. The van der Waals surface area contributed by atoms with Gasteiger partial charge >= 0.3 is 24.0 Å². The number of amides is 1.